The number of rotatable bonds is 7. The highest BCUT2D eigenvalue weighted by Crippen LogP contribution is 2.38. The average Bonchev–Trinajstić information content (AvgIpc) is 3.04. The largest absolute Gasteiger partial charge is 0.496 e. The van der Waals surface area contributed by atoms with Crippen molar-refractivity contribution in [3.63, 3.8) is 0 Å². The first kappa shape index (κ1) is 15.3. The molecule has 1 unspecified atom stereocenters. The molecule has 0 aliphatic rings. The molecule has 0 bridgehead atoms. The summed E-state index contributed by atoms with van der Waals surface area (Å²) in [7, 11) is 6.80. The number of nitrogens with one attached hydrogen (secondary N) is 1. The van der Waals surface area contributed by atoms with E-state index in [1.807, 2.05) is 25.2 Å². The quantitative estimate of drug-likeness (QED) is 0.850. The first-order valence-electron chi connectivity index (χ1n) is 6.71. The Morgan fingerprint density at radius 1 is 1.05 bits per heavy atom. The average molecular weight is 291 g/mol. The number of methoxy groups -OCH3 is 3. The fourth-order valence-electron chi connectivity index (χ4n) is 2.34. The van der Waals surface area contributed by atoms with Gasteiger partial charge in [0.25, 0.3) is 0 Å². The molecule has 0 saturated carbocycles. The van der Waals surface area contributed by atoms with Crippen molar-refractivity contribution in [3.05, 3.63) is 41.9 Å². The van der Waals surface area contributed by atoms with Gasteiger partial charge in [0.05, 0.1) is 33.9 Å². The molecule has 0 aliphatic carbocycles. The van der Waals surface area contributed by atoms with Crippen LogP contribution in [0.1, 0.15) is 17.2 Å². The van der Waals surface area contributed by atoms with E-state index >= 15 is 0 Å². The highest BCUT2D eigenvalue weighted by atomic mass is 16.5. The maximum absolute atomic E-state index is 5.49. The summed E-state index contributed by atoms with van der Waals surface area (Å²) in [6.07, 6.45) is 4.21. The van der Waals surface area contributed by atoms with Crippen LogP contribution in [0.4, 0.5) is 0 Å². The van der Waals surface area contributed by atoms with Gasteiger partial charge in [-0.2, -0.15) is 0 Å². The lowest BCUT2D eigenvalue weighted by Gasteiger charge is -2.21. The minimum atomic E-state index is 0.0809. The van der Waals surface area contributed by atoms with Crippen LogP contribution in [0.3, 0.4) is 0 Å². The minimum Gasteiger partial charge on any atom is -0.496 e. The summed E-state index contributed by atoms with van der Waals surface area (Å²) in [4.78, 5) is 0. The molecule has 1 N–H and O–H groups in total. The van der Waals surface area contributed by atoms with Gasteiger partial charge in [0.2, 0.25) is 0 Å². The van der Waals surface area contributed by atoms with Crippen LogP contribution in [0.15, 0.2) is 35.1 Å². The maximum atomic E-state index is 5.49. The molecule has 2 aromatic rings. The van der Waals surface area contributed by atoms with Crippen LogP contribution in [0.2, 0.25) is 0 Å². The molecule has 21 heavy (non-hydrogen) atoms. The summed E-state index contributed by atoms with van der Waals surface area (Å²) < 4.78 is 21.3. The topological polar surface area (TPSA) is 52.9 Å². The number of hydrogen-bond donors (Lipinski definition) is 1. The van der Waals surface area contributed by atoms with E-state index in [0.717, 1.165) is 23.3 Å². The highest BCUT2D eigenvalue weighted by molar-refractivity contribution is 5.52. The van der Waals surface area contributed by atoms with Crippen molar-refractivity contribution in [2.75, 3.05) is 28.4 Å². The van der Waals surface area contributed by atoms with Crippen LogP contribution >= 0.6 is 0 Å². The van der Waals surface area contributed by atoms with Gasteiger partial charge in [-0.3, -0.25) is 0 Å². The second kappa shape index (κ2) is 7.04. The Kier molecular flexibility index (Phi) is 5.11. The zero-order valence-corrected chi connectivity index (χ0v) is 12.8. The molecule has 2 rings (SSSR count). The Bertz CT molecular complexity index is 566. The zero-order valence-electron chi connectivity index (χ0n) is 12.8. The molecule has 1 heterocycles. The Balaban J connectivity index is 2.39. The smallest absolute Gasteiger partial charge is 0.164 e. The summed E-state index contributed by atoms with van der Waals surface area (Å²) >= 11 is 0. The second-order valence-corrected chi connectivity index (χ2v) is 4.63. The predicted molar refractivity (Wildman–Crippen MR) is 80.3 cm³/mol. The van der Waals surface area contributed by atoms with Crippen LogP contribution in [-0.2, 0) is 6.42 Å². The zero-order chi connectivity index (χ0) is 15.2. The third-order valence-electron chi connectivity index (χ3n) is 3.48. The van der Waals surface area contributed by atoms with Gasteiger partial charge < -0.3 is 23.9 Å². The molecular formula is C16H21NO4. The van der Waals surface area contributed by atoms with Crippen LogP contribution < -0.4 is 19.5 Å². The molecule has 114 valence electrons. The van der Waals surface area contributed by atoms with Crippen molar-refractivity contribution in [1.82, 2.24) is 5.32 Å². The van der Waals surface area contributed by atoms with E-state index < -0.39 is 0 Å². The van der Waals surface area contributed by atoms with Crippen molar-refractivity contribution in [2.24, 2.45) is 0 Å². The van der Waals surface area contributed by atoms with Crippen molar-refractivity contribution >= 4 is 0 Å². The first-order chi connectivity index (χ1) is 10.2. The summed E-state index contributed by atoms with van der Waals surface area (Å²) in [6, 6.07) is 5.82. The molecule has 0 aliphatic heterocycles. The number of benzene rings is 1. The third-order valence-corrected chi connectivity index (χ3v) is 3.48. The number of ether oxygens (including phenoxy) is 3. The van der Waals surface area contributed by atoms with Gasteiger partial charge in [0, 0.05) is 17.7 Å². The van der Waals surface area contributed by atoms with E-state index in [1.165, 1.54) is 0 Å². The first-order valence-corrected chi connectivity index (χ1v) is 6.71. The maximum Gasteiger partial charge on any atom is 0.164 e. The van der Waals surface area contributed by atoms with E-state index in [-0.39, 0.29) is 6.04 Å². The molecule has 0 amide bonds. The van der Waals surface area contributed by atoms with Gasteiger partial charge in [-0.15, -0.1) is 0 Å². The predicted octanol–water partition coefficient (Wildman–Crippen LogP) is 2.81. The van der Waals surface area contributed by atoms with Crippen molar-refractivity contribution < 1.29 is 18.6 Å². The fraction of sp³-hybridized carbons (Fsp3) is 0.375. The van der Waals surface area contributed by atoms with Gasteiger partial charge in [-0.1, -0.05) is 0 Å². The normalized spacial score (nSPS) is 12.0. The molecule has 0 saturated heterocycles. The van der Waals surface area contributed by atoms with E-state index in [2.05, 4.69) is 5.32 Å². The van der Waals surface area contributed by atoms with E-state index in [4.69, 9.17) is 18.6 Å². The second-order valence-electron chi connectivity index (χ2n) is 4.63. The molecule has 0 fully saturated rings. The van der Waals surface area contributed by atoms with Crippen LogP contribution in [0.5, 0.6) is 17.2 Å². The molecule has 0 radical (unpaired) electrons. The molecule has 0 spiro atoms. The lowest BCUT2D eigenvalue weighted by Crippen LogP contribution is -2.19. The minimum absolute atomic E-state index is 0.0809. The molecule has 1 atom stereocenters. The van der Waals surface area contributed by atoms with Crippen LogP contribution in [0, 0.1) is 0 Å². The Morgan fingerprint density at radius 3 is 2.24 bits per heavy atom. The van der Waals surface area contributed by atoms with Gasteiger partial charge in [-0.05, 0) is 31.2 Å². The van der Waals surface area contributed by atoms with Crippen molar-refractivity contribution in [1.29, 1.82) is 0 Å². The number of likely N-dealkylation sites (N-methyl/N-ethyl adjacent to an activating group) is 1. The number of furan rings is 1. The molecule has 5 heteroatoms. The SMILES string of the molecule is CNC(Cc1ccoc1)c1cc(OC)c(OC)cc1OC. The van der Waals surface area contributed by atoms with E-state index in [9.17, 15) is 0 Å². The molecular weight excluding hydrogens is 270 g/mol. The summed E-state index contributed by atoms with van der Waals surface area (Å²) in [5.41, 5.74) is 2.13. The summed E-state index contributed by atoms with van der Waals surface area (Å²) in [6.45, 7) is 0. The fourth-order valence-corrected chi connectivity index (χ4v) is 2.34. The Labute approximate surface area is 124 Å². The monoisotopic (exact) mass is 291 g/mol. The highest BCUT2D eigenvalue weighted by Gasteiger charge is 2.19. The van der Waals surface area contributed by atoms with Gasteiger partial charge in [-0.25, -0.2) is 0 Å². The molecule has 1 aromatic heterocycles. The lowest BCUT2D eigenvalue weighted by atomic mass is 9.99. The summed E-state index contributed by atoms with van der Waals surface area (Å²) in [5.74, 6) is 2.09. The molecule has 5 nitrogen and oxygen atoms in total. The van der Waals surface area contributed by atoms with Gasteiger partial charge >= 0.3 is 0 Å². The Morgan fingerprint density at radius 2 is 1.71 bits per heavy atom. The van der Waals surface area contributed by atoms with Crippen molar-refractivity contribution in [2.45, 2.75) is 12.5 Å². The van der Waals surface area contributed by atoms with Crippen molar-refractivity contribution in [3.8, 4) is 17.2 Å². The number of hydrogen-bond acceptors (Lipinski definition) is 5. The summed E-state index contributed by atoms with van der Waals surface area (Å²) in [5, 5.41) is 3.30. The lowest BCUT2D eigenvalue weighted by molar-refractivity contribution is 0.345. The van der Waals surface area contributed by atoms with E-state index in [0.29, 0.717) is 11.5 Å². The third kappa shape index (κ3) is 3.31. The standard InChI is InChI=1S/C16H21NO4/c1-17-13(7-11-5-6-21-10-11)12-8-15(19-3)16(20-4)9-14(12)18-2/h5-6,8-10,13,17H,7H2,1-4H3. The van der Waals surface area contributed by atoms with Gasteiger partial charge in [0.1, 0.15) is 5.75 Å². The molecule has 1 aromatic carbocycles. The Hall–Kier alpha value is -2.14. The van der Waals surface area contributed by atoms with Crippen LogP contribution in [0.25, 0.3) is 0 Å². The van der Waals surface area contributed by atoms with E-state index in [1.54, 1.807) is 33.9 Å². The van der Waals surface area contributed by atoms with Gasteiger partial charge in [0.15, 0.2) is 11.5 Å². The van der Waals surface area contributed by atoms with Crippen LogP contribution in [-0.4, -0.2) is 28.4 Å².